The number of H-pyrrole nitrogens is 2. The zero-order valence-electron chi connectivity index (χ0n) is 21.4. The van der Waals surface area contributed by atoms with Crippen LogP contribution < -0.4 is 10.6 Å². The van der Waals surface area contributed by atoms with Crippen LogP contribution in [0.3, 0.4) is 0 Å². The smallest absolute Gasteiger partial charge is 0.128 e. The van der Waals surface area contributed by atoms with Crippen LogP contribution in [0.5, 0.6) is 0 Å². The van der Waals surface area contributed by atoms with Gasteiger partial charge in [0.15, 0.2) is 0 Å². The standard InChI is InChI=1S/C32H30N6/c1-18-10-28(33-15-18)31-35-17-30(38-31)24-7-6-20-11-21(4-5-22(20)12-24)23-8-9-26-27(13-23)37-32(36-26)29-14-25(16-34-29)19-2-3-19/h4-14,17,19,28-29,33-34H,2-3,15-16H2,1H3,(H,35,38)(H,36,37). The molecule has 0 bridgehead atoms. The molecule has 6 nitrogen and oxygen atoms in total. The average Bonchev–Trinajstić information content (AvgIpc) is 3.36. The molecule has 0 amide bonds. The number of aromatic amines is 2. The van der Waals surface area contributed by atoms with Crippen molar-refractivity contribution in [3.8, 4) is 22.4 Å². The highest BCUT2D eigenvalue weighted by molar-refractivity contribution is 5.91. The number of rotatable bonds is 5. The number of fused-ring (bicyclic) bond motifs is 2. The molecule has 1 aliphatic carbocycles. The van der Waals surface area contributed by atoms with Crippen LogP contribution in [0.2, 0.25) is 0 Å². The van der Waals surface area contributed by atoms with Crippen LogP contribution in [-0.2, 0) is 0 Å². The van der Waals surface area contributed by atoms with Gasteiger partial charge in [-0.15, -0.1) is 0 Å². The molecule has 2 atom stereocenters. The second-order valence-electron chi connectivity index (χ2n) is 11.1. The SMILES string of the molecule is CC1=CC(c2ncc(-c3ccc4cc(-c5ccc6nc(C7C=C(C8CC8)CN7)[nH]c6c5)ccc4c3)[nH]2)NC1. The lowest BCUT2D eigenvalue weighted by atomic mass is 9.99. The van der Waals surface area contributed by atoms with Crippen LogP contribution in [0.15, 0.2) is 84.1 Å². The van der Waals surface area contributed by atoms with Crippen LogP contribution in [0.1, 0.15) is 43.5 Å². The van der Waals surface area contributed by atoms with Crippen molar-refractivity contribution in [3.63, 3.8) is 0 Å². The molecule has 5 aromatic rings. The summed E-state index contributed by atoms with van der Waals surface area (Å²) in [5, 5.41) is 9.52. The summed E-state index contributed by atoms with van der Waals surface area (Å²) in [5.74, 6) is 2.78. The van der Waals surface area contributed by atoms with Gasteiger partial charge in [0, 0.05) is 18.7 Å². The Hall–Kier alpha value is -4.00. The van der Waals surface area contributed by atoms with E-state index >= 15 is 0 Å². The third-order valence-electron chi connectivity index (χ3n) is 8.23. The van der Waals surface area contributed by atoms with Crippen molar-refractivity contribution < 1.29 is 0 Å². The predicted molar refractivity (Wildman–Crippen MR) is 153 cm³/mol. The van der Waals surface area contributed by atoms with E-state index in [0.717, 1.165) is 52.9 Å². The molecule has 3 aliphatic rings. The molecule has 188 valence electrons. The zero-order chi connectivity index (χ0) is 25.2. The Morgan fingerprint density at radius 2 is 1.47 bits per heavy atom. The van der Waals surface area contributed by atoms with Crippen molar-refractivity contribution in [1.29, 1.82) is 0 Å². The van der Waals surface area contributed by atoms with Gasteiger partial charge in [-0.25, -0.2) is 9.97 Å². The molecule has 4 heterocycles. The fourth-order valence-electron chi connectivity index (χ4n) is 5.91. The topological polar surface area (TPSA) is 81.4 Å². The van der Waals surface area contributed by atoms with Gasteiger partial charge >= 0.3 is 0 Å². The second kappa shape index (κ2) is 8.51. The maximum atomic E-state index is 4.88. The van der Waals surface area contributed by atoms with Crippen molar-refractivity contribution in [2.24, 2.45) is 5.92 Å². The number of benzene rings is 3. The lowest BCUT2D eigenvalue weighted by Crippen LogP contribution is -2.16. The number of hydrogen-bond donors (Lipinski definition) is 4. The first kappa shape index (κ1) is 22.0. The van der Waals surface area contributed by atoms with Crippen LogP contribution in [0.4, 0.5) is 0 Å². The Morgan fingerprint density at radius 3 is 2.29 bits per heavy atom. The van der Waals surface area contributed by atoms with Gasteiger partial charge in [-0.05, 0) is 71.8 Å². The summed E-state index contributed by atoms with van der Waals surface area (Å²) in [5.41, 5.74) is 9.60. The highest BCUT2D eigenvalue weighted by atomic mass is 15.0. The van der Waals surface area contributed by atoms with E-state index in [2.05, 4.69) is 99.3 Å². The third-order valence-corrected chi connectivity index (χ3v) is 8.23. The number of hydrogen-bond acceptors (Lipinski definition) is 4. The first-order chi connectivity index (χ1) is 18.7. The molecule has 6 heteroatoms. The normalized spacial score (nSPS) is 21.4. The van der Waals surface area contributed by atoms with Crippen molar-refractivity contribution in [2.45, 2.75) is 31.8 Å². The molecule has 8 rings (SSSR count). The highest BCUT2D eigenvalue weighted by Gasteiger charge is 2.30. The quantitative estimate of drug-likeness (QED) is 0.213. The molecule has 2 unspecified atom stereocenters. The Kier molecular flexibility index (Phi) is 4.94. The van der Waals surface area contributed by atoms with E-state index in [1.54, 1.807) is 5.57 Å². The number of nitrogens with one attached hydrogen (secondary N) is 4. The third kappa shape index (κ3) is 3.88. The van der Waals surface area contributed by atoms with Gasteiger partial charge in [-0.3, -0.25) is 0 Å². The predicted octanol–water partition coefficient (Wildman–Crippen LogP) is 6.34. The van der Waals surface area contributed by atoms with Crippen LogP contribution >= 0.6 is 0 Å². The Labute approximate surface area is 221 Å². The van der Waals surface area contributed by atoms with Gasteiger partial charge in [-0.2, -0.15) is 0 Å². The number of nitrogens with zero attached hydrogens (tertiary/aromatic N) is 2. The average molecular weight is 499 g/mol. The van der Waals surface area contributed by atoms with Gasteiger partial charge in [-0.1, -0.05) is 53.6 Å². The van der Waals surface area contributed by atoms with Crippen molar-refractivity contribution in [2.75, 3.05) is 13.1 Å². The first-order valence-electron chi connectivity index (χ1n) is 13.6. The molecule has 38 heavy (non-hydrogen) atoms. The van der Waals surface area contributed by atoms with Gasteiger partial charge in [0.2, 0.25) is 0 Å². The van der Waals surface area contributed by atoms with E-state index in [9.17, 15) is 0 Å². The van der Waals surface area contributed by atoms with E-state index in [1.165, 1.54) is 40.3 Å². The fraction of sp³-hybridized carbons (Fsp3) is 0.250. The van der Waals surface area contributed by atoms with Gasteiger partial charge in [0.05, 0.1) is 35.0 Å². The van der Waals surface area contributed by atoms with E-state index < -0.39 is 0 Å². The summed E-state index contributed by atoms with van der Waals surface area (Å²) >= 11 is 0. The van der Waals surface area contributed by atoms with E-state index in [1.807, 2.05) is 6.20 Å². The van der Waals surface area contributed by atoms with Crippen LogP contribution in [0.25, 0.3) is 44.2 Å². The van der Waals surface area contributed by atoms with E-state index in [4.69, 9.17) is 4.98 Å². The minimum absolute atomic E-state index is 0.168. The number of aromatic nitrogens is 4. The molecular formula is C32H30N6. The lowest BCUT2D eigenvalue weighted by molar-refractivity contribution is 0.671. The lowest BCUT2D eigenvalue weighted by Gasteiger charge is -2.07. The largest absolute Gasteiger partial charge is 0.340 e. The summed E-state index contributed by atoms with van der Waals surface area (Å²) in [6.07, 6.45) is 9.24. The molecule has 2 aliphatic heterocycles. The van der Waals surface area contributed by atoms with Crippen molar-refractivity contribution in [1.82, 2.24) is 30.6 Å². The minimum atomic E-state index is 0.168. The summed E-state index contributed by atoms with van der Waals surface area (Å²) in [6.45, 7) is 4.06. The maximum Gasteiger partial charge on any atom is 0.128 e. The molecule has 2 aromatic heterocycles. The molecule has 4 N–H and O–H groups in total. The summed E-state index contributed by atoms with van der Waals surface area (Å²) in [7, 11) is 0. The maximum absolute atomic E-state index is 4.88. The molecule has 0 spiro atoms. The molecule has 0 saturated heterocycles. The van der Waals surface area contributed by atoms with Crippen LogP contribution in [-0.4, -0.2) is 33.0 Å². The highest BCUT2D eigenvalue weighted by Crippen LogP contribution is 2.39. The van der Waals surface area contributed by atoms with E-state index in [-0.39, 0.29) is 12.1 Å². The van der Waals surface area contributed by atoms with Gasteiger partial charge in [0.1, 0.15) is 11.6 Å². The summed E-state index contributed by atoms with van der Waals surface area (Å²) < 4.78 is 0. The molecule has 1 saturated carbocycles. The molecule has 3 aromatic carbocycles. The first-order valence-corrected chi connectivity index (χ1v) is 13.6. The van der Waals surface area contributed by atoms with Crippen LogP contribution in [0, 0.1) is 5.92 Å². The van der Waals surface area contributed by atoms with Gasteiger partial charge < -0.3 is 20.6 Å². The molecule has 0 radical (unpaired) electrons. The van der Waals surface area contributed by atoms with E-state index in [0.29, 0.717) is 0 Å². The van der Waals surface area contributed by atoms with Crippen molar-refractivity contribution in [3.05, 3.63) is 95.7 Å². The number of imidazole rings is 2. The monoisotopic (exact) mass is 498 g/mol. The Balaban J connectivity index is 1.06. The Morgan fingerprint density at radius 1 is 0.737 bits per heavy atom. The fourth-order valence-corrected chi connectivity index (χ4v) is 5.91. The molecule has 1 fully saturated rings. The van der Waals surface area contributed by atoms with Gasteiger partial charge in [0.25, 0.3) is 0 Å². The molecular weight excluding hydrogens is 468 g/mol. The van der Waals surface area contributed by atoms with Crippen molar-refractivity contribution >= 4 is 21.8 Å². The zero-order valence-corrected chi connectivity index (χ0v) is 21.4. The summed E-state index contributed by atoms with van der Waals surface area (Å²) in [4.78, 5) is 16.6. The summed E-state index contributed by atoms with van der Waals surface area (Å²) in [6, 6.07) is 20.2. The minimum Gasteiger partial charge on any atom is -0.340 e. The Bertz CT molecular complexity index is 1770. The second-order valence-corrected chi connectivity index (χ2v) is 11.1.